The molecule has 0 aromatic carbocycles. The maximum absolute atomic E-state index is 7.44. The molecule has 224 valence electrons. The highest BCUT2D eigenvalue weighted by Gasteiger charge is 2.67. The summed E-state index contributed by atoms with van der Waals surface area (Å²) in [6.45, 7) is 35.8. The SMILES string of the molecule is C=C(/C=C\C)/C(=N\C=N/CC=N)N1C(C)(C)CC(C)(C)C(C(N)CCC)(C(C)(C)CCC)C(C)(C)CC1(C)C. The van der Waals surface area contributed by atoms with E-state index in [0.29, 0.717) is 6.54 Å². The van der Waals surface area contributed by atoms with Gasteiger partial charge < -0.3 is 16.0 Å². The molecule has 1 unspecified atom stereocenters. The Hall–Kier alpha value is -1.75. The summed E-state index contributed by atoms with van der Waals surface area (Å²) in [5, 5.41) is 7.35. The Balaban J connectivity index is 4.13. The number of hydrogen-bond acceptors (Lipinski definition) is 3. The van der Waals surface area contributed by atoms with Gasteiger partial charge in [0.25, 0.3) is 0 Å². The first kappa shape index (κ1) is 35.3. The van der Waals surface area contributed by atoms with E-state index in [0.717, 1.165) is 49.9 Å². The summed E-state index contributed by atoms with van der Waals surface area (Å²) in [7, 11) is 0. The molecule has 1 aliphatic rings. The van der Waals surface area contributed by atoms with E-state index in [1.165, 1.54) is 6.21 Å². The molecule has 0 saturated carbocycles. The maximum atomic E-state index is 7.44. The molecule has 0 amide bonds. The summed E-state index contributed by atoms with van der Waals surface area (Å²) < 4.78 is 0. The lowest BCUT2D eigenvalue weighted by atomic mass is 9.36. The molecule has 1 heterocycles. The Kier molecular flexibility index (Phi) is 11.6. The Labute approximate surface area is 242 Å². The van der Waals surface area contributed by atoms with Gasteiger partial charge in [-0.25, -0.2) is 4.99 Å². The molecule has 0 aliphatic carbocycles. The van der Waals surface area contributed by atoms with Crippen LogP contribution in [0.3, 0.4) is 0 Å². The van der Waals surface area contributed by atoms with Gasteiger partial charge in [0.05, 0.1) is 6.54 Å². The van der Waals surface area contributed by atoms with Crippen molar-refractivity contribution in [3.8, 4) is 0 Å². The minimum atomic E-state index is -0.248. The highest BCUT2D eigenvalue weighted by molar-refractivity contribution is 6.04. The number of hydrogen-bond donors (Lipinski definition) is 2. The van der Waals surface area contributed by atoms with Gasteiger partial charge >= 0.3 is 0 Å². The van der Waals surface area contributed by atoms with Crippen LogP contribution in [-0.4, -0.2) is 47.0 Å². The third-order valence-electron chi connectivity index (χ3n) is 9.52. The van der Waals surface area contributed by atoms with Gasteiger partial charge in [-0.05, 0) is 76.5 Å². The molecule has 5 nitrogen and oxygen atoms in total. The fraction of sp³-hybridized carbons (Fsp3) is 0.794. The number of nitrogens with one attached hydrogen (secondary N) is 1. The number of aliphatic imine (C=N–C) groups is 2. The lowest BCUT2D eigenvalue weighted by molar-refractivity contribution is -0.206. The van der Waals surface area contributed by atoms with Crippen molar-refractivity contribution in [1.82, 2.24) is 4.90 Å². The van der Waals surface area contributed by atoms with Gasteiger partial charge in [0, 0.05) is 34.3 Å². The first-order chi connectivity index (χ1) is 17.8. The lowest BCUT2D eigenvalue weighted by Crippen LogP contribution is -2.72. The number of amidine groups is 1. The number of likely N-dealkylation sites (tertiary alicyclic amines) is 1. The van der Waals surface area contributed by atoms with E-state index < -0.39 is 0 Å². The molecule has 0 aromatic heterocycles. The van der Waals surface area contributed by atoms with Crippen LogP contribution in [0.4, 0.5) is 0 Å². The molecule has 0 radical (unpaired) electrons. The van der Waals surface area contributed by atoms with E-state index in [4.69, 9.17) is 16.1 Å². The van der Waals surface area contributed by atoms with Gasteiger partial charge in [0.1, 0.15) is 12.2 Å². The highest BCUT2D eigenvalue weighted by atomic mass is 15.3. The summed E-state index contributed by atoms with van der Waals surface area (Å²) in [4.78, 5) is 11.7. The molecule has 39 heavy (non-hydrogen) atoms. The molecule has 1 fully saturated rings. The second kappa shape index (κ2) is 12.8. The van der Waals surface area contributed by atoms with Crippen molar-refractivity contribution in [2.24, 2.45) is 37.4 Å². The van der Waals surface area contributed by atoms with Crippen molar-refractivity contribution in [2.75, 3.05) is 6.54 Å². The molecule has 0 bridgehead atoms. The van der Waals surface area contributed by atoms with Crippen LogP contribution in [0.2, 0.25) is 0 Å². The molecule has 1 atom stereocenters. The van der Waals surface area contributed by atoms with E-state index in [-0.39, 0.29) is 38.8 Å². The quantitative estimate of drug-likeness (QED) is 0.156. The van der Waals surface area contributed by atoms with Crippen molar-refractivity contribution in [3.05, 3.63) is 24.3 Å². The molecule has 0 aromatic rings. The van der Waals surface area contributed by atoms with Gasteiger partial charge in [0.15, 0.2) is 0 Å². The van der Waals surface area contributed by atoms with Gasteiger partial charge in [-0.2, -0.15) is 0 Å². The van der Waals surface area contributed by atoms with E-state index in [1.54, 1.807) is 6.34 Å². The van der Waals surface area contributed by atoms with Gasteiger partial charge in [-0.15, -0.1) is 0 Å². The van der Waals surface area contributed by atoms with E-state index in [1.807, 2.05) is 19.1 Å². The lowest BCUT2D eigenvalue weighted by Gasteiger charge is -2.71. The number of nitrogens with zero attached hydrogens (tertiary/aromatic N) is 3. The van der Waals surface area contributed by atoms with Crippen molar-refractivity contribution in [2.45, 2.75) is 146 Å². The summed E-state index contributed by atoms with van der Waals surface area (Å²) in [5.74, 6) is 0.849. The molecule has 0 spiro atoms. The zero-order valence-electron chi connectivity index (χ0n) is 28.0. The van der Waals surface area contributed by atoms with E-state index >= 15 is 0 Å². The van der Waals surface area contributed by atoms with Crippen LogP contribution in [0.1, 0.15) is 129 Å². The smallest absolute Gasteiger partial charge is 0.137 e. The zero-order chi connectivity index (χ0) is 30.5. The maximum Gasteiger partial charge on any atom is 0.137 e. The summed E-state index contributed by atoms with van der Waals surface area (Å²) >= 11 is 0. The number of nitrogens with two attached hydrogens (primary N) is 1. The van der Waals surface area contributed by atoms with Crippen molar-refractivity contribution in [3.63, 3.8) is 0 Å². The van der Waals surface area contributed by atoms with Crippen LogP contribution >= 0.6 is 0 Å². The molecule has 3 N–H and O–H groups in total. The second-order valence-electron chi connectivity index (χ2n) is 15.1. The van der Waals surface area contributed by atoms with Gasteiger partial charge in [-0.1, -0.05) is 87.0 Å². The second-order valence-corrected chi connectivity index (χ2v) is 15.1. The van der Waals surface area contributed by atoms with Crippen LogP contribution in [0.25, 0.3) is 0 Å². The monoisotopic (exact) mass is 542 g/mol. The summed E-state index contributed by atoms with van der Waals surface area (Å²) in [6.07, 6.45) is 13.3. The first-order valence-electron chi connectivity index (χ1n) is 15.2. The molecule has 1 saturated heterocycles. The fourth-order valence-corrected chi connectivity index (χ4v) is 10.4. The third-order valence-corrected chi connectivity index (χ3v) is 9.52. The van der Waals surface area contributed by atoms with Crippen LogP contribution in [0.15, 0.2) is 34.3 Å². The number of rotatable bonds is 11. The third kappa shape index (κ3) is 6.77. The highest BCUT2D eigenvalue weighted by Crippen LogP contribution is 2.70. The first-order valence-corrected chi connectivity index (χ1v) is 15.2. The van der Waals surface area contributed by atoms with Gasteiger partial charge in [-0.3, -0.25) is 4.99 Å². The Morgan fingerprint density at radius 2 is 1.51 bits per heavy atom. The summed E-state index contributed by atoms with van der Waals surface area (Å²) in [6, 6.07) is 0.0894. The predicted octanol–water partition coefficient (Wildman–Crippen LogP) is 8.84. The zero-order valence-corrected chi connectivity index (χ0v) is 28.0. The van der Waals surface area contributed by atoms with E-state index in [9.17, 15) is 0 Å². The van der Waals surface area contributed by atoms with Crippen LogP contribution < -0.4 is 5.73 Å². The molecule has 5 heteroatoms. The van der Waals surface area contributed by atoms with Crippen molar-refractivity contribution in [1.29, 1.82) is 5.41 Å². The Morgan fingerprint density at radius 3 is 1.92 bits per heavy atom. The Morgan fingerprint density at radius 1 is 1.00 bits per heavy atom. The van der Waals surface area contributed by atoms with Crippen molar-refractivity contribution < 1.29 is 0 Å². The fourth-order valence-electron chi connectivity index (χ4n) is 10.4. The largest absolute Gasteiger partial charge is 0.346 e. The van der Waals surface area contributed by atoms with Crippen molar-refractivity contribution >= 4 is 18.4 Å². The molecular weight excluding hydrogens is 478 g/mol. The minimum Gasteiger partial charge on any atom is -0.346 e. The predicted molar refractivity (Wildman–Crippen MR) is 174 cm³/mol. The van der Waals surface area contributed by atoms with Crippen LogP contribution in [-0.2, 0) is 0 Å². The van der Waals surface area contributed by atoms with E-state index in [2.05, 4.69) is 99.6 Å². The average Bonchev–Trinajstić information content (AvgIpc) is 2.73. The van der Waals surface area contributed by atoms with Crippen LogP contribution in [0.5, 0.6) is 0 Å². The Bertz CT molecular complexity index is 899. The summed E-state index contributed by atoms with van der Waals surface area (Å²) in [5.41, 5.74) is 7.59. The minimum absolute atomic E-state index is 0.0442. The number of allylic oxidation sites excluding steroid dienone is 1. The van der Waals surface area contributed by atoms with Gasteiger partial charge in [0.2, 0.25) is 0 Å². The molecular formula is C34H63N5. The normalized spacial score (nSPS) is 23.4. The molecule has 1 aliphatic heterocycles. The van der Waals surface area contributed by atoms with Crippen LogP contribution in [0, 0.1) is 27.1 Å². The standard InChI is InChI=1S/C34H63N5/c1-15-18-26(4)28(38-25-37-22-21-35)39-32(11,12)23-30(7,8)34(27(36)19-16-2,29(5,6)20-17-3)31(9,10)24-33(39,13)14/h15,18,21,25,27,35H,4,16-17,19-20,22-24,36H2,1-3,5-14H3/b18-15-,35-21?,37-25-,38-28+. The topological polar surface area (TPSA) is 77.8 Å². The average molecular weight is 542 g/mol. The molecule has 1 rings (SSSR count).